The molecule has 0 aliphatic rings. The van der Waals surface area contributed by atoms with Gasteiger partial charge in [-0.15, -0.1) is 11.3 Å². The highest BCUT2D eigenvalue weighted by atomic mass is 32.1. The molecule has 0 saturated carbocycles. The van der Waals surface area contributed by atoms with Gasteiger partial charge in [-0.1, -0.05) is 127 Å². The molecule has 0 saturated heterocycles. The maximum Gasteiger partial charge on any atom is 0.164 e. The van der Waals surface area contributed by atoms with Crippen LogP contribution in [0.5, 0.6) is 0 Å². The fourth-order valence-electron chi connectivity index (χ4n) is 7.06. The Hall–Kier alpha value is -6.43. The van der Waals surface area contributed by atoms with Crippen molar-refractivity contribution in [1.29, 1.82) is 0 Å². The summed E-state index contributed by atoms with van der Waals surface area (Å²) in [5.41, 5.74) is 8.83. The molecule has 0 unspecified atom stereocenters. The topological polar surface area (TPSA) is 43.6 Å². The Morgan fingerprint density at radius 2 is 0.900 bits per heavy atom. The van der Waals surface area contributed by atoms with Gasteiger partial charge in [0.15, 0.2) is 17.5 Å². The summed E-state index contributed by atoms with van der Waals surface area (Å²) in [5.74, 6) is 1.96. The van der Waals surface area contributed by atoms with Crippen molar-refractivity contribution in [3.8, 4) is 51.0 Å². The van der Waals surface area contributed by atoms with E-state index in [9.17, 15) is 0 Å². The van der Waals surface area contributed by atoms with Crippen LogP contribution >= 0.6 is 11.3 Å². The van der Waals surface area contributed by atoms with E-state index >= 15 is 0 Å². The van der Waals surface area contributed by atoms with Crippen LogP contribution in [0, 0.1) is 0 Å². The summed E-state index contributed by atoms with van der Waals surface area (Å²) >= 11 is 1.87. The van der Waals surface area contributed by atoms with E-state index in [1.807, 2.05) is 72.0 Å². The van der Waals surface area contributed by atoms with E-state index in [2.05, 4.69) is 114 Å². The third kappa shape index (κ3) is 4.71. The summed E-state index contributed by atoms with van der Waals surface area (Å²) in [4.78, 5) is 14.8. The van der Waals surface area contributed by atoms with Gasteiger partial charge in [-0.25, -0.2) is 15.0 Å². The van der Waals surface area contributed by atoms with Crippen molar-refractivity contribution in [3.63, 3.8) is 0 Å². The van der Waals surface area contributed by atoms with Gasteiger partial charge >= 0.3 is 0 Å². The SMILES string of the molecule is c1ccc(-c2ccc3sc4c(ccc5c6ccccc6n(-c6ccc(-c7nc(-c8ccccc8)nc(-c8ccccc8)n7)cc6)c54)c3c2)cc1. The van der Waals surface area contributed by atoms with Crippen LogP contribution in [0.4, 0.5) is 0 Å². The number of aromatic nitrogens is 4. The molecule has 10 rings (SSSR count). The van der Waals surface area contributed by atoms with Crippen molar-refractivity contribution >= 4 is 53.3 Å². The number of nitrogens with zero attached hydrogens (tertiary/aromatic N) is 4. The van der Waals surface area contributed by atoms with Crippen LogP contribution in [0.25, 0.3) is 93.0 Å². The molecule has 3 heterocycles. The van der Waals surface area contributed by atoms with E-state index < -0.39 is 0 Å². The van der Waals surface area contributed by atoms with Crippen LogP contribution in [0.1, 0.15) is 0 Å². The minimum absolute atomic E-state index is 0.646. The smallest absolute Gasteiger partial charge is 0.164 e. The molecule has 5 heteroatoms. The molecular formula is C45H28N4S. The van der Waals surface area contributed by atoms with E-state index in [4.69, 9.17) is 15.0 Å². The van der Waals surface area contributed by atoms with Gasteiger partial charge in [-0.2, -0.15) is 0 Å². The zero-order valence-electron chi connectivity index (χ0n) is 26.9. The third-order valence-corrected chi connectivity index (χ3v) is 10.7. The summed E-state index contributed by atoms with van der Waals surface area (Å²) in [5, 5.41) is 5.07. The van der Waals surface area contributed by atoms with Crippen LogP contribution < -0.4 is 0 Å². The first-order chi connectivity index (χ1) is 24.8. The lowest BCUT2D eigenvalue weighted by atomic mass is 10.0. The lowest BCUT2D eigenvalue weighted by molar-refractivity contribution is 1.07. The van der Waals surface area contributed by atoms with Gasteiger partial charge in [-0.05, 0) is 53.6 Å². The van der Waals surface area contributed by atoms with Crippen LogP contribution in [0.15, 0.2) is 170 Å². The predicted molar refractivity (Wildman–Crippen MR) is 209 cm³/mol. The van der Waals surface area contributed by atoms with E-state index in [0.29, 0.717) is 17.5 Å². The second-order valence-corrected chi connectivity index (χ2v) is 13.5. The van der Waals surface area contributed by atoms with Gasteiger partial charge in [0, 0.05) is 48.6 Å². The molecule has 0 radical (unpaired) electrons. The highest BCUT2D eigenvalue weighted by Gasteiger charge is 2.19. The average molecular weight is 657 g/mol. The summed E-state index contributed by atoms with van der Waals surface area (Å²) in [7, 11) is 0. The molecule has 0 spiro atoms. The maximum atomic E-state index is 4.96. The van der Waals surface area contributed by atoms with Gasteiger partial charge in [-0.3, -0.25) is 0 Å². The number of benzene rings is 7. The van der Waals surface area contributed by atoms with Gasteiger partial charge in [0.2, 0.25) is 0 Å². The first-order valence-electron chi connectivity index (χ1n) is 16.7. The molecule has 0 atom stereocenters. The van der Waals surface area contributed by atoms with Gasteiger partial charge in [0.05, 0.1) is 15.7 Å². The molecule has 0 fully saturated rings. The van der Waals surface area contributed by atoms with Crippen molar-refractivity contribution < 1.29 is 0 Å². The molecule has 0 amide bonds. The van der Waals surface area contributed by atoms with E-state index in [1.165, 1.54) is 53.1 Å². The minimum atomic E-state index is 0.646. The Balaban J connectivity index is 1.14. The van der Waals surface area contributed by atoms with Crippen molar-refractivity contribution in [2.45, 2.75) is 0 Å². The summed E-state index contributed by atoms with van der Waals surface area (Å²) < 4.78 is 5.00. The fourth-order valence-corrected chi connectivity index (χ4v) is 8.28. The molecule has 10 aromatic rings. The summed E-state index contributed by atoms with van der Waals surface area (Å²) in [6.07, 6.45) is 0. The van der Waals surface area contributed by atoms with E-state index in [1.54, 1.807) is 0 Å². The second-order valence-electron chi connectivity index (χ2n) is 12.5. The molecular weight excluding hydrogens is 629 g/mol. The van der Waals surface area contributed by atoms with E-state index in [0.717, 1.165) is 22.4 Å². The highest BCUT2D eigenvalue weighted by Crippen LogP contribution is 2.44. The molecule has 50 heavy (non-hydrogen) atoms. The monoisotopic (exact) mass is 656 g/mol. The Bertz CT molecular complexity index is 2780. The molecule has 0 N–H and O–H groups in total. The maximum absolute atomic E-state index is 4.96. The molecule has 4 nitrogen and oxygen atoms in total. The number of hydrogen-bond acceptors (Lipinski definition) is 4. The largest absolute Gasteiger partial charge is 0.308 e. The zero-order valence-corrected chi connectivity index (χ0v) is 27.7. The second kappa shape index (κ2) is 11.6. The van der Waals surface area contributed by atoms with Crippen molar-refractivity contribution in [3.05, 3.63) is 170 Å². The quantitative estimate of drug-likeness (QED) is 0.185. The zero-order chi connectivity index (χ0) is 33.0. The van der Waals surface area contributed by atoms with Gasteiger partial charge < -0.3 is 4.57 Å². The van der Waals surface area contributed by atoms with E-state index in [-0.39, 0.29) is 0 Å². The van der Waals surface area contributed by atoms with Crippen LogP contribution in [0.3, 0.4) is 0 Å². The molecule has 234 valence electrons. The fraction of sp³-hybridized carbons (Fsp3) is 0. The van der Waals surface area contributed by atoms with Crippen LogP contribution in [-0.2, 0) is 0 Å². The Labute approximate surface area is 292 Å². The third-order valence-electron chi connectivity index (χ3n) is 9.46. The summed E-state index contributed by atoms with van der Waals surface area (Å²) in [6, 6.07) is 59.7. The molecule has 0 aliphatic carbocycles. The minimum Gasteiger partial charge on any atom is -0.308 e. The van der Waals surface area contributed by atoms with Crippen molar-refractivity contribution in [2.24, 2.45) is 0 Å². The lowest BCUT2D eigenvalue weighted by Crippen LogP contribution is -2.00. The highest BCUT2D eigenvalue weighted by molar-refractivity contribution is 7.26. The number of para-hydroxylation sites is 1. The van der Waals surface area contributed by atoms with Crippen molar-refractivity contribution in [2.75, 3.05) is 0 Å². The summed E-state index contributed by atoms with van der Waals surface area (Å²) in [6.45, 7) is 0. The Kier molecular flexibility index (Phi) is 6.64. The number of rotatable bonds is 5. The van der Waals surface area contributed by atoms with Gasteiger partial charge in [0.25, 0.3) is 0 Å². The Morgan fingerprint density at radius 3 is 1.54 bits per heavy atom. The molecule has 3 aromatic heterocycles. The molecule has 0 bridgehead atoms. The first-order valence-corrected chi connectivity index (χ1v) is 17.5. The molecule has 7 aromatic carbocycles. The average Bonchev–Trinajstić information content (AvgIpc) is 3.74. The standard InChI is InChI=1S/C45H28N4S/c1-4-12-29(13-5-1)33-22-27-40-38(28-33)37-26-25-36-35-18-10-11-19-39(35)49(41(36)42(37)50-40)34-23-20-32(21-24-34)45-47-43(30-14-6-2-7-15-30)46-44(48-45)31-16-8-3-9-17-31/h1-28H. The number of thiophene rings is 1. The number of fused-ring (bicyclic) bond motifs is 7. The Morgan fingerprint density at radius 1 is 0.380 bits per heavy atom. The number of hydrogen-bond donors (Lipinski definition) is 0. The normalized spacial score (nSPS) is 11.6. The van der Waals surface area contributed by atoms with Gasteiger partial charge in [0.1, 0.15) is 0 Å². The predicted octanol–water partition coefficient (Wildman–Crippen LogP) is 12.0. The lowest BCUT2D eigenvalue weighted by Gasteiger charge is -2.11. The molecule has 0 aliphatic heterocycles. The van der Waals surface area contributed by atoms with Crippen molar-refractivity contribution in [1.82, 2.24) is 19.5 Å². The first kappa shape index (κ1) is 28.6. The van der Waals surface area contributed by atoms with Crippen LogP contribution in [-0.4, -0.2) is 19.5 Å². The van der Waals surface area contributed by atoms with Crippen LogP contribution in [0.2, 0.25) is 0 Å².